The van der Waals surface area contributed by atoms with Gasteiger partial charge in [0.1, 0.15) is 33.8 Å². The Morgan fingerprint density at radius 3 is 2.66 bits per heavy atom. The number of hydrogen-bond donors (Lipinski definition) is 1. The van der Waals surface area contributed by atoms with Gasteiger partial charge in [0.25, 0.3) is 0 Å². The second-order valence-corrected chi connectivity index (χ2v) is 10.6. The zero-order valence-electron chi connectivity index (χ0n) is 21.5. The van der Waals surface area contributed by atoms with Crippen LogP contribution in [-0.2, 0) is 24.3 Å². The van der Waals surface area contributed by atoms with Crippen LogP contribution in [0.15, 0.2) is 60.7 Å². The number of carboxylic acids is 1. The standard InChI is InChI=1S/C30H22F2N4O4S/c1-33-19-7-5-17(6-8-19)16-40-28-4-2-3-24(34-28)21-13-22(31)18(11-23(21)32)12-27-35-29-25(14-26(41-29)30(37)38)36(27)15-20-9-10-39-20/h2-8,11,13-14,20H,9-10,12,15-16H2,(H,37,38)/t20-/m0/s1. The van der Waals surface area contributed by atoms with Crippen LogP contribution < -0.4 is 4.74 Å². The Bertz CT molecular complexity index is 1810. The van der Waals surface area contributed by atoms with E-state index in [2.05, 4.69) is 14.8 Å². The molecular weight excluding hydrogens is 550 g/mol. The van der Waals surface area contributed by atoms with E-state index in [0.717, 1.165) is 35.5 Å². The van der Waals surface area contributed by atoms with Crippen molar-refractivity contribution < 1.29 is 28.2 Å². The van der Waals surface area contributed by atoms with Gasteiger partial charge in [-0.05, 0) is 41.8 Å². The van der Waals surface area contributed by atoms with Gasteiger partial charge in [0.2, 0.25) is 5.88 Å². The smallest absolute Gasteiger partial charge is 0.346 e. The molecule has 1 atom stereocenters. The summed E-state index contributed by atoms with van der Waals surface area (Å²) in [5.74, 6) is -1.54. The zero-order chi connectivity index (χ0) is 28.5. The fourth-order valence-electron chi connectivity index (χ4n) is 4.60. The van der Waals surface area contributed by atoms with E-state index >= 15 is 8.78 Å². The van der Waals surface area contributed by atoms with Gasteiger partial charge in [-0.3, -0.25) is 0 Å². The highest BCUT2D eigenvalue weighted by Crippen LogP contribution is 2.31. The van der Waals surface area contributed by atoms with Crippen molar-refractivity contribution in [1.29, 1.82) is 0 Å². The first-order valence-electron chi connectivity index (χ1n) is 12.8. The number of halogens is 2. The third-order valence-corrected chi connectivity index (χ3v) is 7.86. The number of carboxylic acid groups (broad SMARTS) is 1. The molecule has 0 unspecified atom stereocenters. The van der Waals surface area contributed by atoms with Crippen LogP contribution in [0.5, 0.6) is 5.88 Å². The number of aromatic nitrogens is 3. The molecule has 5 aromatic rings. The van der Waals surface area contributed by atoms with Crippen LogP contribution in [0.2, 0.25) is 0 Å². The van der Waals surface area contributed by atoms with E-state index in [4.69, 9.17) is 16.0 Å². The number of hydrogen-bond acceptors (Lipinski definition) is 6. The first kappa shape index (κ1) is 26.6. The normalized spacial score (nSPS) is 14.5. The number of pyridine rings is 1. The molecule has 11 heteroatoms. The minimum absolute atomic E-state index is 0.00333. The first-order valence-corrected chi connectivity index (χ1v) is 13.6. The number of aromatic carboxylic acids is 1. The molecule has 6 rings (SSSR count). The van der Waals surface area contributed by atoms with Gasteiger partial charge < -0.3 is 19.1 Å². The number of fused-ring (bicyclic) bond motifs is 1. The van der Waals surface area contributed by atoms with Crippen LogP contribution in [0, 0.1) is 18.2 Å². The van der Waals surface area contributed by atoms with Crippen molar-refractivity contribution in [2.45, 2.75) is 32.1 Å². The maximum Gasteiger partial charge on any atom is 0.346 e. The van der Waals surface area contributed by atoms with E-state index in [9.17, 15) is 9.90 Å². The van der Waals surface area contributed by atoms with Crippen molar-refractivity contribution in [2.75, 3.05) is 6.61 Å². The van der Waals surface area contributed by atoms with Crippen molar-refractivity contribution in [3.8, 4) is 17.1 Å². The average molecular weight is 573 g/mol. The molecule has 0 radical (unpaired) electrons. The topological polar surface area (TPSA) is 90.8 Å². The Morgan fingerprint density at radius 1 is 1.15 bits per heavy atom. The van der Waals surface area contributed by atoms with Gasteiger partial charge in [-0.1, -0.05) is 30.3 Å². The van der Waals surface area contributed by atoms with Crippen molar-refractivity contribution in [3.63, 3.8) is 0 Å². The van der Waals surface area contributed by atoms with Gasteiger partial charge in [-0.2, -0.15) is 0 Å². The quantitative estimate of drug-likeness (QED) is 0.199. The Balaban J connectivity index is 1.24. The summed E-state index contributed by atoms with van der Waals surface area (Å²) in [5.41, 5.74) is 2.34. The number of rotatable bonds is 9. The van der Waals surface area contributed by atoms with E-state index in [0.29, 0.717) is 35.0 Å². The van der Waals surface area contributed by atoms with E-state index in [1.54, 1.807) is 48.5 Å². The number of thiophene rings is 1. The maximum atomic E-state index is 15.4. The fraction of sp³-hybridized carbons (Fsp3) is 0.200. The molecule has 1 N–H and O–H groups in total. The number of imidazole rings is 1. The van der Waals surface area contributed by atoms with Gasteiger partial charge in [-0.15, -0.1) is 11.3 Å². The number of benzene rings is 2. The van der Waals surface area contributed by atoms with Crippen molar-refractivity contribution in [1.82, 2.24) is 14.5 Å². The van der Waals surface area contributed by atoms with Gasteiger partial charge in [0.15, 0.2) is 5.69 Å². The van der Waals surface area contributed by atoms with Crippen LogP contribution in [0.4, 0.5) is 14.5 Å². The van der Waals surface area contributed by atoms with Crippen LogP contribution in [0.25, 0.3) is 26.4 Å². The molecule has 0 aliphatic carbocycles. The molecule has 1 aliphatic heterocycles. The van der Waals surface area contributed by atoms with Gasteiger partial charge in [0, 0.05) is 24.7 Å². The number of ether oxygens (including phenoxy) is 2. The molecule has 0 amide bonds. The number of carbonyl (C=O) groups is 1. The van der Waals surface area contributed by atoms with Gasteiger partial charge >= 0.3 is 5.97 Å². The Labute approximate surface area is 237 Å². The summed E-state index contributed by atoms with van der Waals surface area (Å²) >= 11 is 1.04. The Morgan fingerprint density at radius 2 is 1.95 bits per heavy atom. The highest BCUT2D eigenvalue weighted by molar-refractivity contribution is 7.20. The molecule has 206 valence electrons. The highest BCUT2D eigenvalue weighted by Gasteiger charge is 2.25. The summed E-state index contributed by atoms with van der Waals surface area (Å²) in [7, 11) is 0. The SMILES string of the molecule is [C-]#[N+]c1ccc(COc2cccc(-c3cc(F)c(Cc4nc5sc(C(=O)O)cc5n4C[C@@H]4CCO4)cc3F)n2)cc1. The maximum absolute atomic E-state index is 15.4. The third-order valence-electron chi connectivity index (χ3n) is 6.85. The zero-order valence-corrected chi connectivity index (χ0v) is 22.3. The van der Waals surface area contributed by atoms with Crippen LogP contribution in [0.1, 0.15) is 33.0 Å². The van der Waals surface area contributed by atoms with Crippen LogP contribution >= 0.6 is 11.3 Å². The summed E-state index contributed by atoms with van der Waals surface area (Å²) in [6.07, 6.45) is 0.835. The predicted molar refractivity (Wildman–Crippen MR) is 148 cm³/mol. The minimum atomic E-state index is -1.04. The second-order valence-electron chi connectivity index (χ2n) is 9.55. The second kappa shape index (κ2) is 11.1. The summed E-state index contributed by atoms with van der Waals surface area (Å²) in [6, 6.07) is 15.6. The van der Waals surface area contributed by atoms with Crippen LogP contribution in [0.3, 0.4) is 0 Å². The van der Waals surface area contributed by atoms with Gasteiger partial charge in [0.05, 0.1) is 30.4 Å². The molecule has 3 aromatic heterocycles. The molecule has 1 aliphatic rings. The molecule has 0 bridgehead atoms. The molecular formula is C30H22F2N4O4S. The van der Waals surface area contributed by atoms with Crippen molar-refractivity contribution >= 4 is 33.3 Å². The fourth-order valence-corrected chi connectivity index (χ4v) is 5.49. The lowest BCUT2D eigenvalue weighted by Crippen LogP contribution is -2.31. The highest BCUT2D eigenvalue weighted by atomic mass is 32.1. The molecule has 0 spiro atoms. The molecule has 4 heterocycles. The van der Waals surface area contributed by atoms with Crippen LogP contribution in [-0.4, -0.2) is 38.3 Å². The lowest BCUT2D eigenvalue weighted by Gasteiger charge is -2.27. The summed E-state index contributed by atoms with van der Waals surface area (Å²) < 4.78 is 43.9. The van der Waals surface area contributed by atoms with E-state index in [1.165, 1.54) is 0 Å². The molecule has 1 saturated heterocycles. The minimum Gasteiger partial charge on any atom is -0.477 e. The largest absolute Gasteiger partial charge is 0.477 e. The monoisotopic (exact) mass is 572 g/mol. The summed E-state index contributed by atoms with van der Waals surface area (Å²) in [4.78, 5) is 24.4. The molecule has 8 nitrogen and oxygen atoms in total. The molecule has 0 saturated carbocycles. The molecule has 2 aromatic carbocycles. The average Bonchev–Trinajstić information content (AvgIpc) is 3.50. The lowest BCUT2D eigenvalue weighted by molar-refractivity contribution is -0.0589. The first-order chi connectivity index (χ1) is 19.9. The van der Waals surface area contributed by atoms with Gasteiger partial charge in [-0.25, -0.2) is 28.4 Å². The summed E-state index contributed by atoms with van der Waals surface area (Å²) in [5, 5.41) is 9.38. The van der Waals surface area contributed by atoms with E-state index in [1.807, 2.05) is 4.57 Å². The lowest BCUT2D eigenvalue weighted by atomic mass is 10.0. The molecule has 1 fully saturated rings. The Kier molecular flexibility index (Phi) is 7.17. The van der Waals surface area contributed by atoms with Crippen molar-refractivity contribution in [2.24, 2.45) is 0 Å². The predicted octanol–water partition coefficient (Wildman–Crippen LogP) is 6.65. The summed E-state index contributed by atoms with van der Waals surface area (Å²) in [6.45, 7) is 8.34. The number of nitrogens with zero attached hydrogens (tertiary/aromatic N) is 4. The van der Waals surface area contributed by atoms with E-state index < -0.39 is 17.6 Å². The third kappa shape index (κ3) is 5.52. The van der Waals surface area contributed by atoms with Crippen molar-refractivity contribution in [3.05, 3.63) is 106 Å². The van der Waals surface area contributed by atoms with E-state index in [-0.39, 0.29) is 46.7 Å². The molecule has 41 heavy (non-hydrogen) atoms. The Hall–Kier alpha value is -4.66.